The molecule has 0 spiro atoms. The van der Waals surface area contributed by atoms with E-state index in [0.717, 1.165) is 29.3 Å². The number of benzene rings is 1. The van der Waals surface area contributed by atoms with Gasteiger partial charge in [0, 0.05) is 45.5 Å². The lowest BCUT2D eigenvalue weighted by Crippen LogP contribution is -2.54. The Labute approximate surface area is 155 Å². The van der Waals surface area contributed by atoms with Gasteiger partial charge in [-0.2, -0.15) is 5.10 Å². The number of aromatic nitrogens is 2. The van der Waals surface area contributed by atoms with Crippen LogP contribution in [0, 0.1) is 6.92 Å². The molecular weight excluding hydrogens is 326 g/mol. The lowest BCUT2D eigenvalue weighted by molar-refractivity contribution is -0.131. The zero-order valence-corrected chi connectivity index (χ0v) is 16.0. The summed E-state index contributed by atoms with van der Waals surface area (Å²) in [4.78, 5) is 18.9. The molecule has 6 nitrogen and oxygen atoms in total. The number of aryl methyl sites for hydroxylation is 1. The van der Waals surface area contributed by atoms with Crippen LogP contribution in [0.4, 0.5) is 11.5 Å². The van der Waals surface area contributed by atoms with Crippen molar-refractivity contribution in [3.8, 4) is 0 Å². The molecule has 2 heterocycles. The number of hydrogen-bond donors (Lipinski definition) is 0. The first kappa shape index (κ1) is 18.2. The summed E-state index contributed by atoms with van der Waals surface area (Å²) in [7, 11) is 4.03. The summed E-state index contributed by atoms with van der Waals surface area (Å²) < 4.78 is 0. The van der Waals surface area contributed by atoms with Gasteiger partial charge in [0.2, 0.25) is 5.91 Å². The first-order chi connectivity index (χ1) is 12.4. The molecule has 1 aromatic heterocycles. The zero-order valence-electron chi connectivity index (χ0n) is 16.0. The van der Waals surface area contributed by atoms with Crippen molar-refractivity contribution in [2.24, 2.45) is 0 Å². The topological polar surface area (TPSA) is 52.6 Å². The highest BCUT2D eigenvalue weighted by molar-refractivity contribution is 5.79. The van der Waals surface area contributed by atoms with Gasteiger partial charge in [-0.25, -0.2) is 0 Å². The first-order valence-electron chi connectivity index (χ1n) is 9.05. The van der Waals surface area contributed by atoms with Crippen LogP contribution in [-0.4, -0.2) is 60.8 Å². The Kier molecular flexibility index (Phi) is 5.40. The molecule has 0 aliphatic carbocycles. The van der Waals surface area contributed by atoms with Crippen LogP contribution in [-0.2, 0) is 11.2 Å². The van der Waals surface area contributed by atoms with Gasteiger partial charge in [-0.1, -0.05) is 12.1 Å². The summed E-state index contributed by atoms with van der Waals surface area (Å²) in [6.07, 6.45) is 0.449. The number of carbonyl (C=O) groups excluding carboxylic acids is 1. The second kappa shape index (κ2) is 7.72. The van der Waals surface area contributed by atoms with Gasteiger partial charge in [-0.05, 0) is 43.7 Å². The first-order valence-corrected chi connectivity index (χ1v) is 9.05. The predicted molar refractivity (Wildman–Crippen MR) is 105 cm³/mol. The Morgan fingerprint density at radius 1 is 1.12 bits per heavy atom. The van der Waals surface area contributed by atoms with Gasteiger partial charge < -0.3 is 14.7 Å². The number of amides is 1. The van der Waals surface area contributed by atoms with E-state index in [0.29, 0.717) is 19.5 Å². The van der Waals surface area contributed by atoms with Gasteiger partial charge in [0.1, 0.15) is 0 Å². The summed E-state index contributed by atoms with van der Waals surface area (Å²) in [5, 5.41) is 8.42. The van der Waals surface area contributed by atoms with Crippen LogP contribution in [0.1, 0.15) is 18.2 Å². The molecule has 26 heavy (non-hydrogen) atoms. The quantitative estimate of drug-likeness (QED) is 0.843. The Balaban J connectivity index is 1.59. The third kappa shape index (κ3) is 4.12. The van der Waals surface area contributed by atoms with Crippen LogP contribution in [0.15, 0.2) is 36.4 Å². The Bertz CT molecular complexity index is 742. The highest BCUT2D eigenvalue weighted by atomic mass is 16.2. The average Bonchev–Trinajstić information content (AvgIpc) is 2.63. The molecule has 1 saturated heterocycles. The fraction of sp³-hybridized carbons (Fsp3) is 0.450. The van der Waals surface area contributed by atoms with E-state index in [-0.39, 0.29) is 11.9 Å². The second-order valence-electron chi connectivity index (χ2n) is 7.15. The van der Waals surface area contributed by atoms with Crippen molar-refractivity contribution in [3.05, 3.63) is 47.7 Å². The highest BCUT2D eigenvalue weighted by Gasteiger charge is 2.27. The van der Waals surface area contributed by atoms with Gasteiger partial charge in [-0.15, -0.1) is 5.10 Å². The fourth-order valence-electron chi connectivity index (χ4n) is 3.27. The summed E-state index contributed by atoms with van der Waals surface area (Å²) in [6, 6.07) is 12.4. The molecular formula is C20H27N5O. The molecule has 0 unspecified atom stereocenters. The number of nitrogens with zero attached hydrogens (tertiary/aromatic N) is 5. The van der Waals surface area contributed by atoms with E-state index in [2.05, 4.69) is 39.1 Å². The third-order valence-corrected chi connectivity index (χ3v) is 4.87. The van der Waals surface area contributed by atoms with Crippen LogP contribution in [0.25, 0.3) is 0 Å². The van der Waals surface area contributed by atoms with E-state index in [9.17, 15) is 4.79 Å². The van der Waals surface area contributed by atoms with Crippen molar-refractivity contribution in [2.45, 2.75) is 26.3 Å². The van der Waals surface area contributed by atoms with E-state index >= 15 is 0 Å². The zero-order chi connectivity index (χ0) is 18.7. The molecule has 0 saturated carbocycles. The Morgan fingerprint density at radius 2 is 1.85 bits per heavy atom. The molecule has 1 aliphatic rings. The van der Waals surface area contributed by atoms with E-state index < -0.39 is 0 Å². The van der Waals surface area contributed by atoms with Crippen LogP contribution in [0.3, 0.4) is 0 Å². The average molecular weight is 353 g/mol. The highest BCUT2D eigenvalue weighted by Crippen LogP contribution is 2.19. The maximum absolute atomic E-state index is 12.7. The molecule has 138 valence electrons. The van der Waals surface area contributed by atoms with E-state index in [1.165, 1.54) is 0 Å². The molecule has 1 atom stereocenters. The summed E-state index contributed by atoms with van der Waals surface area (Å²) in [5.41, 5.74) is 3.11. The van der Waals surface area contributed by atoms with Gasteiger partial charge in [0.15, 0.2) is 5.82 Å². The minimum absolute atomic E-state index is 0.184. The lowest BCUT2D eigenvalue weighted by atomic mass is 10.1. The summed E-state index contributed by atoms with van der Waals surface area (Å²) in [5.74, 6) is 1.07. The number of carbonyl (C=O) groups is 1. The number of hydrogen-bond acceptors (Lipinski definition) is 5. The maximum Gasteiger partial charge on any atom is 0.227 e. The predicted octanol–water partition coefficient (Wildman–Crippen LogP) is 2.13. The van der Waals surface area contributed by atoms with Gasteiger partial charge in [0.05, 0.1) is 12.1 Å². The lowest BCUT2D eigenvalue weighted by Gasteiger charge is -2.40. The van der Waals surface area contributed by atoms with E-state index in [4.69, 9.17) is 0 Å². The van der Waals surface area contributed by atoms with Crippen molar-refractivity contribution in [1.82, 2.24) is 15.1 Å². The smallest absolute Gasteiger partial charge is 0.227 e. The van der Waals surface area contributed by atoms with Crippen molar-refractivity contribution in [2.75, 3.05) is 43.5 Å². The molecule has 0 N–H and O–H groups in total. The van der Waals surface area contributed by atoms with E-state index in [1.54, 1.807) is 0 Å². The fourth-order valence-corrected chi connectivity index (χ4v) is 3.27. The summed E-state index contributed by atoms with van der Waals surface area (Å²) >= 11 is 0. The second-order valence-corrected chi connectivity index (χ2v) is 7.15. The van der Waals surface area contributed by atoms with Gasteiger partial charge in [0.25, 0.3) is 0 Å². The van der Waals surface area contributed by atoms with Crippen molar-refractivity contribution in [3.63, 3.8) is 0 Å². The third-order valence-electron chi connectivity index (χ3n) is 4.87. The minimum Gasteiger partial charge on any atom is -0.378 e. The largest absolute Gasteiger partial charge is 0.378 e. The van der Waals surface area contributed by atoms with Crippen LogP contribution in [0.2, 0.25) is 0 Å². The summed E-state index contributed by atoms with van der Waals surface area (Å²) in [6.45, 7) is 6.28. The van der Waals surface area contributed by atoms with Gasteiger partial charge >= 0.3 is 0 Å². The molecule has 1 amide bonds. The molecule has 1 fully saturated rings. The van der Waals surface area contributed by atoms with Crippen molar-refractivity contribution in [1.29, 1.82) is 0 Å². The van der Waals surface area contributed by atoms with Gasteiger partial charge in [-0.3, -0.25) is 4.79 Å². The van der Waals surface area contributed by atoms with E-state index in [1.807, 2.05) is 50.2 Å². The van der Waals surface area contributed by atoms with Crippen molar-refractivity contribution < 1.29 is 4.79 Å². The Morgan fingerprint density at radius 3 is 2.42 bits per heavy atom. The molecule has 1 aromatic carbocycles. The number of piperazine rings is 1. The molecule has 3 rings (SSSR count). The molecule has 0 bridgehead atoms. The van der Waals surface area contributed by atoms with Crippen LogP contribution < -0.4 is 9.80 Å². The maximum atomic E-state index is 12.7. The van der Waals surface area contributed by atoms with Crippen LogP contribution >= 0.6 is 0 Å². The molecule has 0 radical (unpaired) electrons. The normalized spacial score (nSPS) is 17.3. The monoisotopic (exact) mass is 353 g/mol. The molecule has 2 aromatic rings. The number of anilines is 2. The standard InChI is InChI=1S/C20H27N5O/c1-15-5-10-19(22-21-15)25-12-11-24(14-16(25)2)20(26)13-17-6-8-18(9-7-17)23(3)4/h5-10,16H,11-14H2,1-4H3/t16-/m1/s1. The van der Waals surface area contributed by atoms with Crippen LogP contribution in [0.5, 0.6) is 0 Å². The minimum atomic E-state index is 0.184. The van der Waals surface area contributed by atoms with Crippen molar-refractivity contribution >= 4 is 17.4 Å². The molecule has 1 aliphatic heterocycles. The Hall–Kier alpha value is -2.63. The number of rotatable bonds is 4. The SMILES string of the molecule is Cc1ccc(N2CCN(C(=O)Cc3ccc(N(C)C)cc3)C[C@H]2C)nn1. The molecule has 6 heteroatoms.